The topological polar surface area (TPSA) is 0 Å². The molecule has 0 aromatic rings. The van der Waals surface area contributed by atoms with Crippen molar-refractivity contribution in [2.75, 3.05) is 0 Å². The van der Waals surface area contributed by atoms with E-state index >= 15 is 0 Å². The van der Waals surface area contributed by atoms with Gasteiger partial charge in [-0.25, -0.2) is 0 Å². The van der Waals surface area contributed by atoms with Crippen molar-refractivity contribution in [3.8, 4) is 0 Å². The van der Waals surface area contributed by atoms with Gasteiger partial charge < -0.3 is 0 Å². The average molecular weight is 216 g/mol. The zero-order valence-corrected chi connectivity index (χ0v) is 7.21. The second kappa shape index (κ2) is 727000. The van der Waals surface area contributed by atoms with Gasteiger partial charge in [0, 0.05) is 23.9 Å². The molecule has 1 heteroatoms. The van der Waals surface area contributed by atoms with E-state index < -0.39 is 0 Å². The predicted octanol–water partition coefficient (Wildman–Crippen LogP) is 2.07. The van der Waals surface area contributed by atoms with Gasteiger partial charge in [0.2, 0.25) is 0 Å². The molecule has 0 rings (SSSR count). The smallest absolute Gasteiger partial charge is 0 e. The Hall–Kier alpha value is 0.0187. The summed E-state index contributed by atoms with van der Waals surface area (Å²) in [7, 11) is 0. The molecule has 0 amide bonds. The maximum Gasteiger partial charge on any atom is 0 e. The number of hydrogen-bond acceptors (Lipinski definition) is 0. The molecule has 0 aromatic heterocycles. The minimum atomic E-state index is 0. The fourth-order valence-electron chi connectivity index (χ4n) is 0. The molecule has 0 aliphatic heterocycles. The summed E-state index contributed by atoms with van der Waals surface area (Å²) in [5.41, 5.74) is 0. The summed E-state index contributed by atoms with van der Waals surface area (Å²) in [6, 6.07) is 0. The maximum atomic E-state index is 4.25. The Labute approximate surface area is 71.0 Å². The standard InChI is InChI=1S/3C2H3.CH4.Sn/c3*1-2;;/h3*1H,2H2;1H4;. The second-order valence-corrected chi connectivity index (χ2v) is 0. The molecule has 0 aliphatic rings. The molecule has 0 bridgehead atoms. The van der Waals surface area contributed by atoms with E-state index in [4.69, 9.17) is 0 Å². The first-order chi connectivity index (χ1) is 3.00. The number of rotatable bonds is 0. The molecular weight excluding hydrogens is 203 g/mol. The van der Waals surface area contributed by atoms with E-state index in [0.717, 1.165) is 0 Å². The Bertz CT molecular complexity index is 9.10. The van der Waals surface area contributed by atoms with Crippen LogP contribution in [0, 0.1) is 19.7 Å². The normalized spacial score (nSPS) is 1.50. The summed E-state index contributed by atoms with van der Waals surface area (Å²) >= 11 is 0. The Kier molecular flexibility index (Phi) is 3940000. The monoisotopic (exact) mass is 217 g/mol. The van der Waals surface area contributed by atoms with Crippen molar-refractivity contribution in [1.82, 2.24) is 0 Å². The van der Waals surface area contributed by atoms with Crippen molar-refractivity contribution < 1.29 is 0 Å². The average Bonchev–Trinajstić information content (AvgIpc) is 1.81. The molecule has 0 N–H and O–H groups in total. The summed E-state index contributed by atoms with van der Waals surface area (Å²) in [4.78, 5) is 0. The van der Waals surface area contributed by atoms with Crippen molar-refractivity contribution in [1.29, 1.82) is 0 Å². The molecule has 0 saturated heterocycles. The van der Waals surface area contributed by atoms with E-state index in [9.17, 15) is 0 Å². The summed E-state index contributed by atoms with van der Waals surface area (Å²) < 4.78 is 0. The van der Waals surface area contributed by atoms with Crippen molar-refractivity contribution >= 4 is 23.9 Å². The molecule has 8 heavy (non-hydrogen) atoms. The molecule has 0 unspecified atom stereocenters. The van der Waals surface area contributed by atoms with E-state index in [1.54, 1.807) is 0 Å². The minimum Gasteiger partial charge on any atom is -0.0991 e. The fourth-order valence-corrected chi connectivity index (χ4v) is 0. The third-order valence-electron chi connectivity index (χ3n) is 0. The predicted molar refractivity (Wildman–Crippen MR) is 42.3 cm³/mol. The summed E-state index contributed by atoms with van der Waals surface area (Å²) in [6.07, 6.45) is 0. The summed E-state index contributed by atoms with van der Waals surface area (Å²) in [6.45, 7) is 21.0. The van der Waals surface area contributed by atoms with E-state index in [1.807, 2.05) is 0 Å². The molecular formula is C7H13Sn. The van der Waals surface area contributed by atoms with Crippen LogP contribution in [0.3, 0.4) is 0 Å². The van der Waals surface area contributed by atoms with Gasteiger partial charge in [0.1, 0.15) is 0 Å². The minimum absolute atomic E-state index is 0. The molecule has 45 valence electrons. The van der Waals surface area contributed by atoms with E-state index in [-0.39, 0.29) is 31.3 Å². The van der Waals surface area contributed by atoms with Crippen molar-refractivity contribution in [2.45, 2.75) is 7.43 Å². The number of hydrogen-bond donors (Lipinski definition) is 0. The van der Waals surface area contributed by atoms with Crippen LogP contribution in [0.1, 0.15) is 7.43 Å². The van der Waals surface area contributed by atoms with Crippen molar-refractivity contribution in [3.63, 3.8) is 0 Å². The Balaban J connectivity index is -0.00000000500. The third-order valence-corrected chi connectivity index (χ3v) is 0. The first-order valence-corrected chi connectivity index (χ1v) is 1.22. The largest absolute Gasteiger partial charge is 0.0991 e. The van der Waals surface area contributed by atoms with Gasteiger partial charge in [0.05, 0.1) is 0 Å². The Morgan fingerprint density at radius 1 is 0.625 bits per heavy atom. The molecule has 0 aliphatic carbocycles. The Morgan fingerprint density at radius 2 is 0.625 bits per heavy atom. The molecule has 0 heterocycles. The van der Waals surface area contributed by atoms with Crippen LogP contribution in [-0.2, 0) is 0 Å². The van der Waals surface area contributed by atoms with Gasteiger partial charge in [-0.2, -0.15) is 0 Å². The van der Waals surface area contributed by atoms with Crippen LogP contribution in [0.25, 0.3) is 0 Å². The molecule has 0 fully saturated rings. The molecule has 7 radical (unpaired) electrons. The van der Waals surface area contributed by atoms with Crippen LogP contribution in [0.4, 0.5) is 0 Å². The molecule has 0 aromatic carbocycles. The van der Waals surface area contributed by atoms with Gasteiger partial charge in [-0.1, -0.05) is 46.9 Å². The first kappa shape index (κ1) is 43.3. The van der Waals surface area contributed by atoms with Gasteiger partial charge in [-0.05, 0) is 0 Å². The van der Waals surface area contributed by atoms with Gasteiger partial charge in [0.15, 0.2) is 0 Å². The molecule has 0 atom stereocenters. The van der Waals surface area contributed by atoms with E-state index in [0.29, 0.717) is 0 Å². The zero-order valence-electron chi connectivity index (χ0n) is 4.35. The molecule has 0 nitrogen and oxygen atoms in total. The molecule has 0 spiro atoms. The summed E-state index contributed by atoms with van der Waals surface area (Å²) in [5, 5.41) is 0. The zero-order chi connectivity index (χ0) is 6.00. The van der Waals surface area contributed by atoms with Crippen molar-refractivity contribution in [3.05, 3.63) is 39.5 Å². The van der Waals surface area contributed by atoms with Crippen molar-refractivity contribution in [2.24, 2.45) is 0 Å². The van der Waals surface area contributed by atoms with Gasteiger partial charge >= 0.3 is 0 Å². The van der Waals surface area contributed by atoms with Crippen LogP contribution in [0.15, 0.2) is 19.7 Å². The van der Waals surface area contributed by atoms with Crippen LogP contribution in [0.5, 0.6) is 0 Å². The summed E-state index contributed by atoms with van der Waals surface area (Å²) in [5.74, 6) is 0. The van der Waals surface area contributed by atoms with Gasteiger partial charge in [-0.3, -0.25) is 0 Å². The third kappa shape index (κ3) is 433000. The van der Waals surface area contributed by atoms with Crippen LogP contribution in [-0.4, -0.2) is 23.9 Å². The fraction of sp³-hybridized carbons (Fsp3) is 0.143. The van der Waals surface area contributed by atoms with Crippen LogP contribution in [0.2, 0.25) is 0 Å². The quantitative estimate of drug-likeness (QED) is 0.543. The van der Waals surface area contributed by atoms with Crippen LogP contribution >= 0.6 is 0 Å². The van der Waals surface area contributed by atoms with E-state index in [1.165, 1.54) is 0 Å². The van der Waals surface area contributed by atoms with E-state index in [2.05, 4.69) is 39.5 Å². The first-order valence-electron chi connectivity index (χ1n) is 1.22. The maximum absolute atomic E-state index is 4.25. The van der Waals surface area contributed by atoms with Gasteiger partial charge in [-0.15, -0.1) is 0 Å². The second-order valence-electron chi connectivity index (χ2n) is 0. The Morgan fingerprint density at radius 3 is 0.625 bits per heavy atom. The van der Waals surface area contributed by atoms with Crippen LogP contribution < -0.4 is 0 Å². The SMILES string of the molecule is C.[CH]=C.[CH]=C.[CH]=C.[Sn]. The van der Waals surface area contributed by atoms with Gasteiger partial charge in [0.25, 0.3) is 0 Å². The molecule has 0 saturated carbocycles.